The standard InChI is InChI=1S/C12H14BrFN6O2/c1-6(15)5-17-12-10(18-22-19-12)11(16)20(21)7-2-3-8(13)9(14)4-7/h2-4,6,16,21H,5,15H2,1H3,(H,17,19)/b16-11-. The van der Waals surface area contributed by atoms with Crippen LogP contribution in [0.15, 0.2) is 27.3 Å². The first-order chi connectivity index (χ1) is 10.9. The van der Waals surface area contributed by atoms with E-state index in [1.165, 1.54) is 12.1 Å². The van der Waals surface area contributed by atoms with E-state index < -0.39 is 5.82 Å². The second kappa shape index (κ2) is 6.81. The zero-order valence-electron chi connectivity index (χ0n) is 12.5. The van der Waals surface area contributed by atoms with Crippen molar-refractivity contribution in [3.05, 3.63) is 34.2 Å². The van der Waals surface area contributed by atoms with Gasteiger partial charge in [-0.1, -0.05) is 0 Å². The minimum absolute atomic E-state index is 0.00789. The number of amidine groups is 1. The van der Waals surface area contributed by atoms with Crippen LogP contribution in [0.1, 0.15) is 12.6 Å². The summed E-state index contributed by atoms with van der Waals surface area (Å²) in [5.74, 6) is -0.718. The Bertz CT molecular complexity index is 711. The quantitative estimate of drug-likeness (QED) is 0.359. The summed E-state index contributed by atoms with van der Waals surface area (Å²) in [6, 6.07) is 3.74. The fourth-order valence-corrected chi connectivity index (χ4v) is 1.79. The fourth-order valence-electron chi connectivity index (χ4n) is 1.55. The molecule has 0 spiro atoms. The largest absolute Gasteiger partial charge is 0.364 e. The highest BCUT2D eigenvalue weighted by molar-refractivity contribution is 9.10. The van der Waals surface area contributed by atoms with Crippen molar-refractivity contribution in [2.45, 2.75) is 13.0 Å². The second-order valence-corrected chi connectivity index (χ2v) is 5.41. The highest BCUT2D eigenvalue weighted by atomic mass is 79.9. The maximum Gasteiger partial charge on any atom is 0.202 e. The second-order valence-electron chi connectivity index (χ2n) is 4.55. The van der Waals surface area contributed by atoms with Crippen LogP contribution < -0.4 is 16.1 Å². The van der Waals surface area contributed by atoms with Crippen LogP contribution in [0, 0.1) is 11.2 Å². The molecule has 0 fully saturated rings. The molecule has 0 bridgehead atoms. The van der Waals surface area contributed by atoms with Gasteiger partial charge in [0.2, 0.25) is 5.82 Å². The van der Waals surface area contributed by atoms with E-state index in [-0.39, 0.29) is 33.5 Å². The van der Waals surface area contributed by atoms with Crippen LogP contribution in [0.4, 0.5) is 15.9 Å². The summed E-state index contributed by atoms with van der Waals surface area (Å²) < 4.78 is 25.7. The highest BCUT2D eigenvalue weighted by Crippen LogP contribution is 2.23. The van der Waals surface area contributed by atoms with Crippen LogP contribution in [-0.2, 0) is 0 Å². The molecule has 1 atom stereocenters. The van der Waals surface area contributed by atoms with Crippen LogP contribution >= 0.6 is 15.9 Å². The lowest BCUT2D eigenvalue weighted by Crippen LogP contribution is -2.30. The Labute approximate surface area is 135 Å². The number of nitrogens with two attached hydrogens (primary N) is 1. The number of halogens is 2. The van der Waals surface area contributed by atoms with Gasteiger partial charge in [0.25, 0.3) is 0 Å². The van der Waals surface area contributed by atoms with Crippen molar-refractivity contribution in [2.75, 3.05) is 16.9 Å². The lowest BCUT2D eigenvalue weighted by molar-refractivity contribution is 0.300. The molecule has 0 radical (unpaired) electrons. The normalized spacial score (nSPS) is 13.7. The van der Waals surface area contributed by atoms with E-state index in [2.05, 4.69) is 41.6 Å². The fraction of sp³-hybridized carbons (Fsp3) is 0.250. The highest BCUT2D eigenvalue weighted by Gasteiger charge is 2.21. The summed E-state index contributed by atoms with van der Waals surface area (Å²) in [6.07, 6.45) is 0. The Morgan fingerprint density at radius 2 is 2.45 bits per heavy atom. The van der Waals surface area contributed by atoms with Crippen molar-refractivity contribution in [3.63, 3.8) is 0 Å². The average molecular weight is 373 g/mol. The third kappa shape index (κ3) is 3.59. The minimum atomic E-state index is -0.584. The number of anilines is 2. The van der Waals surface area contributed by atoms with Crippen LogP contribution in [0.2, 0.25) is 1.41 Å². The number of nitrogens with one attached hydrogen (secondary N) is 2. The molecule has 8 nitrogen and oxygen atoms in total. The molecule has 22 heavy (non-hydrogen) atoms. The van der Waals surface area contributed by atoms with E-state index in [4.69, 9.17) is 7.15 Å². The van der Waals surface area contributed by atoms with Gasteiger partial charge in [-0.05, 0) is 45.3 Å². The maximum atomic E-state index is 13.6. The molecule has 118 valence electrons. The van der Waals surface area contributed by atoms with Gasteiger partial charge in [0.05, 0.1) is 10.2 Å². The van der Waals surface area contributed by atoms with Crippen molar-refractivity contribution in [1.29, 1.82) is 5.40 Å². The van der Waals surface area contributed by atoms with Crippen molar-refractivity contribution >= 4 is 33.3 Å². The summed E-state index contributed by atoms with van der Waals surface area (Å²) in [6.45, 7) is 2.15. The zero-order valence-corrected chi connectivity index (χ0v) is 13.1. The van der Waals surface area contributed by atoms with Gasteiger partial charge in [-0.2, -0.15) is 0 Å². The monoisotopic (exact) mass is 372 g/mol. The molecule has 0 amide bonds. The van der Waals surface area contributed by atoms with E-state index in [1.807, 2.05) is 0 Å². The Kier molecular flexibility index (Phi) is 4.61. The van der Waals surface area contributed by atoms with Crippen molar-refractivity contribution < 1.29 is 15.6 Å². The zero-order chi connectivity index (χ0) is 17.0. The molecule has 0 aliphatic heterocycles. The predicted octanol–water partition coefficient (Wildman–Crippen LogP) is 1.95. The molecular weight excluding hydrogens is 359 g/mol. The topological polar surface area (TPSA) is 124 Å². The van der Waals surface area contributed by atoms with Gasteiger partial charge in [0.1, 0.15) is 5.82 Å². The van der Waals surface area contributed by atoms with Gasteiger partial charge in [-0.15, -0.1) is 0 Å². The number of hydrogen-bond donors (Lipinski definition) is 4. The van der Waals surface area contributed by atoms with E-state index in [0.717, 1.165) is 6.07 Å². The number of benzene rings is 1. The molecule has 0 saturated carbocycles. The molecule has 0 aliphatic rings. The maximum absolute atomic E-state index is 13.6. The number of hydroxylamine groups is 1. The first-order valence-electron chi connectivity index (χ1n) is 6.67. The molecule has 0 aliphatic carbocycles. The van der Waals surface area contributed by atoms with Crippen molar-refractivity contribution in [2.24, 2.45) is 5.73 Å². The van der Waals surface area contributed by atoms with Crippen molar-refractivity contribution in [3.8, 4) is 0 Å². The average Bonchev–Trinajstić information content (AvgIpc) is 2.97. The number of aromatic nitrogens is 2. The summed E-state index contributed by atoms with van der Waals surface area (Å²) >= 11 is 3.02. The lowest BCUT2D eigenvalue weighted by atomic mass is 10.2. The van der Waals surface area contributed by atoms with Gasteiger partial charge >= 0.3 is 0 Å². The molecule has 5 N–H and O–H groups in total. The Hall–Kier alpha value is -2.04. The Morgan fingerprint density at radius 3 is 3.09 bits per heavy atom. The Balaban J connectivity index is 2.29. The van der Waals surface area contributed by atoms with Gasteiger partial charge in [0.15, 0.2) is 12.9 Å². The summed E-state index contributed by atoms with van der Waals surface area (Å²) in [4.78, 5) is 0. The van der Waals surface area contributed by atoms with Gasteiger partial charge in [0, 0.05) is 18.7 Å². The molecule has 1 aromatic heterocycles. The smallest absolute Gasteiger partial charge is 0.202 e. The first-order valence-corrected chi connectivity index (χ1v) is 7.01. The number of nitrogens with zero attached hydrogens (tertiary/aromatic N) is 3. The lowest BCUT2D eigenvalue weighted by Gasteiger charge is -2.17. The van der Waals surface area contributed by atoms with Crippen LogP contribution in [0.25, 0.3) is 0 Å². The SMILES string of the molecule is [H]/N=C(/c1nonc1NCC(C)N)N(O)c1ccc(Br)c(F)c1. The first kappa shape index (κ1) is 14.9. The Morgan fingerprint density at radius 1 is 1.68 bits per heavy atom. The summed E-state index contributed by atoms with van der Waals surface area (Å²) in [5, 5.41) is 24.0. The molecular formula is C12H14BrFN6O2. The van der Waals surface area contributed by atoms with E-state index in [1.54, 1.807) is 6.92 Å². The van der Waals surface area contributed by atoms with E-state index >= 15 is 0 Å². The minimum Gasteiger partial charge on any atom is -0.364 e. The van der Waals surface area contributed by atoms with Crippen molar-refractivity contribution in [1.82, 2.24) is 10.3 Å². The van der Waals surface area contributed by atoms with Gasteiger partial charge < -0.3 is 11.1 Å². The van der Waals surface area contributed by atoms with Gasteiger partial charge in [-0.25, -0.2) is 14.1 Å². The molecule has 1 aromatic carbocycles. The molecule has 1 heterocycles. The van der Waals surface area contributed by atoms with Crippen LogP contribution in [0.3, 0.4) is 0 Å². The molecule has 0 saturated heterocycles. The number of rotatable bonds is 5. The summed E-state index contributed by atoms with van der Waals surface area (Å²) in [5.41, 5.74) is 5.68. The molecule has 2 aromatic rings. The third-order valence-corrected chi connectivity index (χ3v) is 3.28. The summed E-state index contributed by atoms with van der Waals surface area (Å²) in [7, 11) is 0. The molecule has 10 heteroatoms. The van der Waals surface area contributed by atoms with Crippen LogP contribution in [0.5, 0.6) is 0 Å². The van der Waals surface area contributed by atoms with Gasteiger partial charge in [-0.3, -0.25) is 10.6 Å². The van der Waals surface area contributed by atoms with Crippen LogP contribution in [-0.4, -0.2) is 33.9 Å². The molecule has 2 rings (SSSR count). The predicted molar refractivity (Wildman–Crippen MR) is 81.6 cm³/mol. The molecule has 1 unspecified atom stereocenters. The third-order valence-electron chi connectivity index (χ3n) is 2.64. The van der Waals surface area contributed by atoms with E-state index in [9.17, 15) is 9.60 Å². The number of hydrogen-bond acceptors (Lipinski definition) is 7. The van der Waals surface area contributed by atoms with E-state index in [0.29, 0.717) is 11.6 Å².